The maximum absolute atomic E-state index is 6.00. The molecule has 0 saturated heterocycles. The standard InChI is InChI=1S/C13H17ClN2OS/c1-2-17-10-6-9(7-10)16-12-5-8(14)3-4-11(12)13(15)18/h3-5,9-10,16H,2,6-7H2,1H3,(H2,15,18). The summed E-state index contributed by atoms with van der Waals surface area (Å²) in [5.41, 5.74) is 7.45. The van der Waals surface area contributed by atoms with E-state index in [1.807, 2.05) is 19.1 Å². The van der Waals surface area contributed by atoms with Crippen molar-refractivity contribution in [3.8, 4) is 0 Å². The Balaban J connectivity index is 2.01. The number of anilines is 1. The van der Waals surface area contributed by atoms with Crippen LogP contribution in [-0.4, -0.2) is 23.7 Å². The van der Waals surface area contributed by atoms with E-state index in [1.54, 1.807) is 6.07 Å². The van der Waals surface area contributed by atoms with E-state index >= 15 is 0 Å². The lowest BCUT2D eigenvalue weighted by Crippen LogP contribution is -2.41. The smallest absolute Gasteiger partial charge is 0.106 e. The molecule has 1 saturated carbocycles. The maximum Gasteiger partial charge on any atom is 0.106 e. The summed E-state index contributed by atoms with van der Waals surface area (Å²) in [7, 11) is 0. The van der Waals surface area contributed by atoms with Crippen LogP contribution in [0.3, 0.4) is 0 Å². The summed E-state index contributed by atoms with van der Waals surface area (Å²) in [4.78, 5) is 0.384. The van der Waals surface area contributed by atoms with Crippen LogP contribution < -0.4 is 11.1 Å². The predicted molar refractivity (Wildman–Crippen MR) is 79.4 cm³/mol. The molecule has 1 aromatic rings. The highest BCUT2D eigenvalue weighted by Gasteiger charge is 2.29. The van der Waals surface area contributed by atoms with Gasteiger partial charge in [0.2, 0.25) is 0 Å². The van der Waals surface area contributed by atoms with Gasteiger partial charge in [-0.3, -0.25) is 0 Å². The van der Waals surface area contributed by atoms with Crippen molar-refractivity contribution in [3.63, 3.8) is 0 Å². The first-order chi connectivity index (χ1) is 8.60. The second-order valence-electron chi connectivity index (χ2n) is 4.44. The molecule has 0 unspecified atom stereocenters. The molecule has 2 rings (SSSR count). The minimum atomic E-state index is 0.375. The highest BCUT2D eigenvalue weighted by atomic mass is 35.5. The summed E-state index contributed by atoms with van der Waals surface area (Å²) < 4.78 is 5.53. The van der Waals surface area contributed by atoms with Crippen molar-refractivity contribution in [3.05, 3.63) is 28.8 Å². The van der Waals surface area contributed by atoms with Crippen molar-refractivity contribution >= 4 is 34.5 Å². The lowest BCUT2D eigenvalue weighted by atomic mass is 9.89. The summed E-state index contributed by atoms with van der Waals surface area (Å²) in [6, 6.07) is 5.92. The van der Waals surface area contributed by atoms with Crippen molar-refractivity contribution in [2.24, 2.45) is 5.73 Å². The molecule has 0 spiro atoms. The molecular weight excluding hydrogens is 268 g/mol. The van der Waals surface area contributed by atoms with Crippen LogP contribution in [0, 0.1) is 0 Å². The van der Waals surface area contributed by atoms with Crippen LogP contribution in [0.1, 0.15) is 25.3 Å². The van der Waals surface area contributed by atoms with Gasteiger partial charge in [0.1, 0.15) is 4.99 Å². The average molecular weight is 285 g/mol. The van der Waals surface area contributed by atoms with Gasteiger partial charge in [-0.1, -0.05) is 23.8 Å². The van der Waals surface area contributed by atoms with E-state index in [4.69, 9.17) is 34.3 Å². The van der Waals surface area contributed by atoms with Crippen molar-refractivity contribution in [1.29, 1.82) is 0 Å². The number of halogens is 1. The summed E-state index contributed by atoms with van der Waals surface area (Å²) in [5, 5.41) is 4.10. The molecule has 0 radical (unpaired) electrons. The summed E-state index contributed by atoms with van der Waals surface area (Å²) >= 11 is 11.0. The van der Waals surface area contributed by atoms with E-state index in [1.165, 1.54) is 0 Å². The Kier molecular flexibility index (Phi) is 4.43. The third-order valence-electron chi connectivity index (χ3n) is 3.10. The quantitative estimate of drug-likeness (QED) is 0.816. The zero-order chi connectivity index (χ0) is 13.1. The van der Waals surface area contributed by atoms with Crippen molar-refractivity contribution in [2.45, 2.75) is 31.9 Å². The fourth-order valence-corrected chi connectivity index (χ4v) is 2.48. The fourth-order valence-electron chi connectivity index (χ4n) is 2.13. The van der Waals surface area contributed by atoms with Crippen LogP contribution in [0.4, 0.5) is 5.69 Å². The van der Waals surface area contributed by atoms with E-state index in [9.17, 15) is 0 Å². The molecule has 98 valence electrons. The Hall–Kier alpha value is -0.840. The van der Waals surface area contributed by atoms with Crippen molar-refractivity contribution < 1.29 is 4.74 Å². The first-order valence-corrected chi connectivity index (χ1v) is 6.86. The molecule has 1 aromatic carbocycles. The highest BCUT2D eigenvalue weighted by Crippen LogP contribution is 2.29. The number of rotatable bonds is 5. The average Bonchev–Trinajstić information content (AvgIpc) is 2.26. The van der Waals surface area contributed by atoms with Gasteiger partial charge in [-0.2, -0.15) is 0 Å². The van der Waals surface area contributed by atoms with Gasteiger partial charge >= 0.3 is 0 Å². The Morgan fingerprint density at radius 1 is 1.56 bits per heavy atom. The van der Waals surface area contributed by atoms with Crippen LogP contribution in [0.5, 0.6) is 0 Å². The minimum absolute atomic E-state index is 0.375. The van der Waals surface area contributed by atoms with Crippen LogP contribution >= 0.6 is 23.8 Å². The fraction of sp³-hybridized carbons (Fsp3) is 0.462. The molecule has 3 N–H and O–H groups in total. The van der Waals surface area contributed by atoms with Gasteiger partial charge in [0.05, 0.1) is 6.10 Å². The molecule has 0 bridgehead atoms. The number of nitrogens with one attached hydrogen (secondary N) is 1. The van der Waals surface area contributed by atoms with Crippen LogP contribution in [-0.2, 0) is 4.74 Å². The highest BCUT2D eigenvalue weighted by molar-refractivity contribution is 7.80. The largest absolute Gasteiger partial charge is 0.389 e. The number of nitrogens with two attached hydrogens (primary N) is 1. The predicted octanol–water partition coefficient (Wildman–Crippen LogP) is 2.95. The molecule has 1 aliphatic rings. The summed E-state index contributed by atoms with van der Waals surface area (Å²) in [5.74, 6) is 0. The minimum Gasteiger partial charge on any atom is -0.389 e. The zero-order valence-corrected chi connectivity index (χ0v) is 11.9. The molecule has 0 aliphatic heterocycles. The van der Waals surface area contributed by atoms with E-state index < -0.39 is 0 Å². The number of hydrogen-bond donors (Lipinski definition) is 2. The van der Waals surface area contributed by atoms with E-state index in [0.717, 1.165) is 30.7 Å². The second kappa shape index (κ2) is 5.87. The Labute approximate surface area is 118 Å². The molecule has 3 nitrogen and oxygen atoms in total. The molecule has 1 aliphatic carbocycles. The molecule has 18 heavy (non-hydrogen) atoms. The molecule has 5 heteroatoms. The molecule has 0 atom stereocenters. The van der Waals surface area contributed by atoms with Crippen LogP contribution in [0.15, 0.2) is 18.2 Å². The zero-order valence-electron chi connectivity index (χ0n) is 10.3. The maximum atomic E-state index is 6.00. The lowest BCUT2D eigenvalue weighted by molar-refractivity contribution is 0.00299. The number of ether oxygens (including phenoxy) is 1. The lowest BCUT2D eigenvalue weighted by Gasteiger charge is -2.36. The first-order valence-electron chi connectivity index (χ1n) is 6.07. The van der Waals surface area contributed by atoms with Gasteiger partial charge in [-0.15, -0.1) is 0 Å². The van der Waals surface area contributed by atoms with Gasteiger partial charge in [-0.25, -0.2) is 0 Å². The van der Waals surface area contributed by atoms with Crippen LogP contribution in [0.2, 0.25) is 5.02 Å². The molecule has 0 aromatic heterocycles. The second-order valence-corrected chi connectivity index (χ2v) is 5.32. The normalized spacial score (nSPS) is 22.3. The molecule has 1 fully saturated rings. The first kappa shape index (κ1) is 13.6. The third-order valence-corrected chi connectivity index (χ3v) is 3.56. The third kappa shape index (κ3) is 3.13. The number of benzene rings is 1. The Morgan fingerprint density at radius 3 is 2.89 bits per heavy atom. The Morgan fingerprint density at radius 2 is 2.28 bits per heavy atom. The summed E-state index contributed by atoms with van der Waals surface area (Å²) in [6.45, 7) is 2.79. The van der Waals surface area contributed by atoms with Gasteiger partial charge in [-0.05, 0) is 38.0 Å². The van der Waals surface area contributed by atoms with Crippen molar-refractivity contribution in [1.82, 2.24) is 0 Å². The van der Waals surface area contributed by atoms with E-state index in [-0.39, 0.29) is 0 Å². The monoisotopic (exact) mass is 284 g/mol. The van der Waals surface area contributed by atoms with Crippen molar-refractivity contribution in [2.75, 3.05) is 11.9 Å². The van der Waals surface area contributed by atoms with Gasteiger partial charge in [0.15, 0.2) is 0 Å². The van der Waals surface area contributed by atoms with Gasteiger partial charge < -0.3 is 15.8 Å². The van der Waals surface area contributed by atoms with Gasteiger partial charge in [0.25, 0.3) is 0 Å². The van der Waals surface area contributed by atoms with Gasteiger partial charge in [0, 0.05) is 28.9 Å². The Bertz CT molecular complexity index is 447. The van der Waals surface area contributed by atoms with Crippen LogP contribution in [0.25, 0.3) is 0 Å². The van der Waals surface area contributed by atoms with E-state index in [2.05, 4.69) is 5.32 Å². The topological polar surface area (TPSA) is 47.3 Å². The SMILES string of the molecule is CCOC1CC(Nc2cc(Cl)ccc2C(N)=S)C1. The molecule has 0 amide bonds. The number of thiocarbonyl (C=S) groups is 1. The van der Waals surface area contributed by atoms with E-state index in [0.29, 0.717) is 22.2 Å². The molecule has 0 heterocycles. The summed E-state index contributed by atoms with van der Waals surface area (Å²) in [6.07, 6.45) is 2.40. The number of hydrogen-bond acceptors (Lipinski definition) is 3. The molecular formula is C13H17ClN2OS.